The van der Waals surface area contributed by atoms with Crippen molar-refractivity contribution in [1.29, 1.82) is 0 Å². The summed E-state index contributed by atoms with van der Waals surface area (Å²) in [5, 5.41) is 3.15. The molecule has 1 atom stereocenters. The van der Waals surface area contributed by atoms with Crippen molar-refractivity contribution < 1.29 is 13.9 Å². The highest BCUT2D eigenvalue weighted by Gasteiger charge is 2.39. The highest BCUT2D eigenvalue weighted by molar-refractivity contribution is 5.83. The molecule has 1 aromatic heterocycles. The first-order valence-electron chi connectivity index (χ1n) is 9.01. The molecule has 2 aliphatic heterocycles. The molecular weight excluding hydrogens is 306 g/mol. The van der Waals surface area contributed by atoms with Crippen LogP contribution in [0.25, 0.3) is 0 Å². The van der Waals surface area contributed by atoms with Crippen LogP contribution in [0.3, 0.4) is 0 Å². The lowest BCUT2D eigenvalue weighted by Crippen LogP contribution is -2.50. The monoisotopic (exact) mass is 335 g/mol. The minimum absolute atomic E-state index is 0.0563. The molecule has 0 spiro atoms. The summed E-state index contributed by atoms with van der Waals surface area (Å²) in [7, 11) is 0. The lowest BCUT2D eigenvalue weighted by Gasteiger charge is -2.35. The van der Waals surface area contributed by atoms with Gasteiger partial charge in [0.15, 0.2) is 0 Å². The first kappa shape index (κ1) is 17.5. The van der Waals surface area contributed by atoms with E-state index in [9.17, 15) is 4.79 Å². The number of likely N-dealkylation sites (tertiary alicyclic amines) is 1. The van der Waals surface area contributed by atoms with Crippen LogP contribution in [-0.4, -0.2) is 50.2 Å². The van der Waals surface area contributed by atoms with Crippen LogP contribution in [0.4, 0.5) is 0 Å². The average Bonchev–Trinajstić information content (AvgIpc) is 3.28. The number of aryl methyl sites for hydroxylation is 1. The Balaban J connectivity index is 1.67. The predicted molar refractivity (Wildman–Crippen MR) is 91.5 cm³/mol. The third-order valence-corrected chi connectivity index (χ3v) is 5.45. The molecule has 134 valence electrons. The van der Waals surface area contributed by atoms with E-state index in [0.717, 1.165) is 24.6 Å². The molecule has 2 fully saturated rings. The van der Waals surface area contributed by atoms with Gasteiger partial charge < -0.3 is 20.2 Å². The highest BCUT2D eigenvalue weighted by Crippen LogP contribution is 2.31. The molecule has 0 radical (unpaired) electrons. The Labute approximate surface area is 143 Å². The second kappa shape index (κ2) is 7.68. The molecule has 0 aromatic carbocycles. The van der Waals surface area contributed by atoms with Gasteiger partial charge in [-0.05, 0) is 57.8 Å². The molecule has 0 saturated carbocycles. The fourth-order valence-electron chi connectivity index (χ4n) is 3.76. The summed E-state index contributed by atoms with van der Waals surface area (Å²) in [5.74, 6) is 1.90. The van der Waals surface area contributed by atoms with Crippen LogP contribution in [-0.2, 0) is 9.53 Å². The van der Waals surface area contributed by atoms with Gasteiger partial charge >= 0.3 is 0 Å². The van der Waals surface area contributed by atoms with Gasteiger partial charge in [-0.25, -0.2) is 0 Å². The van der Waals surface area contributed by atoms with E-state index in [2.05, 4.69) is 10.2 Å². The number of carbonyl (C=O) groups excluding carboxylic acids is 1. The minimum Gasteiger partial charge on any atom is -0.465 e. The van der Waals surface area contributed by atoms with E-state index in [1.54, 1.807) is 0 Å². The van der Waals surface area contributed by atoms with E-state index in [1.807, 2.05) is 19.1 Å². The molecule has 3 rings (SSSR count). The molecule has 1 unspecified atom stereocenters. The third-order valence-electron chi connectivity index (χ3n) is 5.45. The average molecular weight is 335 g/mol. The lowest BCUT2D eigenvalue weighted by atomic mass is 9.79. The van der Waals surface area contributed by atoms with Crippen molar-refractivity contribution in [3.63, 3.8) is 0 Å². The maximum absolute atomic E-state index is 12.8. The number of ether oxygens (including phenoxy) is 1. The van der Waals surface area contributed by atoms with Crippen molar-refractivity contribution in [2.24, 2.45) is 11.1 Å². The Hall–Kier alpha value is -1.37. The van der Waals surface area contributed by atoms with E-state index in [1.165, 1.54) is 12.8 Å². The molecule has 1 aromatic rings. The van der Waals surface area contributed by atoms with E-state index >= 15 is 0 Å². The van der Waals surface area contributed by atoms with E-state index in [-0.39, 0.29) is 11.9 Å². The summed E-state index contributed by atoms with van der Waals surface area (Å²) in [6.07, 6.45) is 3.80. The van der Waals surface area contributed by atoms with Gasteiger partial charge in [0.25, 0.3) is 0 Å². The maximum atomic E-state index is 12.8. The number of furan rings is 1. The molecule has 6 nitrogen and oxygen atoms in total. The Bertz CT molecular complexity index is 545. The molecule has 3 heterocycles. The number of nitrogens with two attached hydrogens (primary N) is 1. The summed E-state index contributed by atoms with van der Waals surface area (Å²) in [5.41, 5.74) is 5.46. The SMILES string of the molecule is Cc1ccc(C(CNC(=O)C2(CN)CCOCC2)N2CCCC2)o1. The molecule has 24 heavy (non-hydrogen) atoms. The molecule has 0 bridgehead atoms. The zero-order valence-corrected chi connectivity index (χ0v) is 14.6. The number of nitrogens with one attached hydrogen (secondary N) is 1. The summed E-state index contributed by atoms with van der Waals surface area (Å²) >= 11 is 0. The number of amides is 1. The summed E-state index contributed by atoms with van der Waals surface area (Å²) < 4.78 is 11.2. The van der Waals surface area contributed by atoms with Gasteiger partial charge in [0.2, 0.25) is 5.91 Å². The molecule has 1 amide bonds. The molecule has 3 N–H and O–H groups in total. The first-order valence-corrected chi connectivity index (χ1v) is 9.01. The summed E-state index contributed by atoms with van der Waals surface area (Å²) in [4.78, 5) is 15.2. The van der Waals surface area contributed by atoms with Crippen molar-refractivity contribution in [2.75, 3.05) is 39.4 Å². The third kappa shape index (κ3) is 3.66. The van der Waals surface area contributed by atoms with Gasteiger partial charge in [-0.2, -0.15) is 0 Å². The van der Waals surface area contributed by atoms with Crippen LogP contribution in [0.15, 0.2) is 16.5 Å². The minimum atomic E-state index is -0.479. The van der Waals surface area contributed by atoms with Crippen LogP contribution in [0, 0.1) is 12.3 Å². The fraction of sp³-hybridized carbons (Fsp3) is 0.722. The van der Waals surface area contributed by atoms with Crippen LogP contribution >= 0.6 is 0 Å². The van der Waals surface area contributed by atoms with E-state index in [4.69, 9.17) is 14.9 Å². The highest BCUT2D eigenvalue weighted by atomic mass is 16.5. The quantitative estimate of drug-likeness (QED) is 0.825. The van der Waals surface area contributed by atoms with Crippen LogP contribution in [0.2, 0.25) is 0 Å². The van der Waals surface area contributed by atoms with Crippen molar-refractivity contribution in [3.05, 3.63) is 23.7 Å². The fourth-order valence-corrected chi connectivity index (χ4v) is 3.76. The number of hydrogen-bond donors (Lipinski definition) is 2. The van der Waals surface area contributed by atoms with Gasteiger partial charge in [0.1, 0.15) is 11.5 Å². The maximum Gasteiger partial charge on any atom is 0.227 e. The van der Waals surface area contributed by atoms with Crippen molar-refractivity contribution in [3.8, 4) is 0 Å². The van der Waals surface area contributed by atoms with E-state index < -0.39 is 5.41 Å². The number of nitrogens with zero attached hydrogens (tertiary/aromatic N) is 1. The van der Waals surface area contributed by atoms with Crippen LogP contribution in [0.5, 0.6) is 0 Å². The lowest BCUT2D eigenvalue weighted by molar-refractivity contribution is -0.136. The Morgan fingerprint density at radius 1 is 1.33 bits per heavy atom. The van der Waals surface area contributed by atoms with Crippen LogP contribution < -0.4 is 11.1 Å². The molecule has 0 aliphatic carbocycles. The largest absolute Gasteiger partial charge is 0.465 e. The Morgan fingerprint density at radius 3 is 2.62 bits per heavy atom. The molecule has 2 aliphatic rings. The Morgan fingerprint density at radius 2 is 2.04 bits per heavy atom. The summed E-state index contributed by atoms with van der Waals surface area (Å²) in [6.45, 7) is 6.21. The number of hydrogen-bond acceptors (Lipinski definition) is 5. The Kier molecular flexibility index (Phi) is 5.58. The second-order valence-corrected chi connectivity index (χ2v) is 7.01. The standard InChI is InChI=1S/C18H29N3O3/c1-14-4-5-16(24-14)15(21-8-2-3-9-21)12-20-17(22)18(13-19)6-10-23-11-7-18/h4-5,15H,2-3,6-13,19H2,1H3,(H,20,22). The first-order chi connectivity index (χ1) is 11.6. The zero-order chi connectivity index (χ0) is 17.0. The summed E-state index contributed by atoms with van der Waals surface area (Å²) in [6, 6.07) is 4.11. The molecule has 6 heteroatoms. The van der Waals surface area contributed by atoms with Crippen LogP contribution in [0.1, 0.15) is 43.2 Å². The zero-order valence-electron chi connectivity index (χ0n) is 14.6. The normalized spacial score (nSPS) is 22.4. The number of carbonyl (C=O) groups is 1. The van der Waals surface area contributed by atoms with Gasteiger partial charge in [-0.3, -0.25) is 9.69 Å². The van der Waals surface area contributed by atoms with Gasteiger partial charge in [0.05, 0.1) is 11.5 Å². The van der Waals surface area contributed by atoms with Crippen molar-refractivity contribution >= 4 is 5.91 Å². The smallest absolute Gasteiger partial charge is 0.227 e. The predicted octanol–water partition coefficient (Wildman–Crippen LogP) is 1.60. The van der Waals surface area contributed by atoms with Gasteiger partial charge in [0, 0.05) is 26.3 Å². The van der Waals surface area contributed by atoms with Gasteiger partial charge in [-0.15, -0.1) is 0 Å². The second-order valence-electron chi connectivity index (χ2n) is 7.01. The molecular formula is C18H29N3O3. The van der Waals surface area contributed by atoms with Crippen molar-refractivity contribution in [2.45, 2.75) is 38.6 Å². The van der Waals surface area contributed by atoms with E-state index in [0.29, 0.717) is 39.1 Å². The molecule has 2 saturated heterocycles. The topological polar surface area (TPSA) is 80.7 Å². The van der Waals surface area contributed by atoms with Gasteiger partial charge in [-0.1, -0.05) is 0 Å². The van der Waals surface area contributed by atoms with Crippen molar-refractivity contribution in [1.82, 2.24) is 10.2 Å². The number of rotatable bonds is 6.